The Morgan fingerprint density at radius 1 is 0.758 bits per heavy atom. The normalized spacial score (nSPS) is 10.4. The van der Waals surface area contributed by atoms with E-state index in [0.29, 0.717) is 22.7 Å². The van der Waals surface area contributed by atoms with Crippen molar-refractivity contribution in [2.24, 2.45) is 0 Å². The molecule has 4 rings (SSSR count). The Bertz CT molecular complexity index is 1290. The zero-order valence-corrected chi connectivity index (χ0v) is 18.3. The number of aromatic nitrogens is 1. The largest absolute Gasteiger partial charge is 0.496 e. The van der Waals surface area contributed by atoms with Crippen molar-refractivity contribution in [3.05, 3.63) is 108 Å². The van der Waals surface area contributed by atoms with Crippen molar-refractivity contribution in [3.63, 3.8) is 0 Å². The van der Waals surface area contributed by atoms with E-state index in [4.69, 9.17) is 4.74 Å². The minimum absolute atomic E-state index is 0.263. The fourth-order valence-electron chi connectivity index (χ4n) is 3.43. The van der Waals surface area contributed by atoms with Gasteiger partial charge < -0.3 is 15.4 Å². The number of nitrogens with zero attached hydrogens (tertiary/aromatic N) is 1. The summed E-state index contributed by atoms with van der Waals surface area (Å²) in [4.78, 5) is 29.8. The summed E-state index contributed by atoms with van der Waals surface area (Å²) in [6.45, 7) is 1.84. The van der Waals surface area contributed by atoms with Crippen molar-refractivity contribution in [2.45, 2.75) is 6.92 Å². The minimum Gasteiger partial charge on any atom is -0.496 e. The topological polar surface area (TPSA) is 80.3 Å². The van der Waals surface area contributed by atoms with Gasteiger partial charge in [0.2, 0.25) is 0 Å². The number of carbonyl (C=O) groups is 2. The molecule has 0 unspecified atom stereocenters. The molecule has 2 amide bonds. The van der Waals surface area contributed by atoms with Gasteiger partial charge in [0.05, 0.1) is 12.7 Å². The summed E-state index contributed by atoms with van der Waals surface area (Å²) in [5.74, 6) is -0.319. The molecule has 1 aromatic heterocycles. The van der Waals surface area contributed by atoms with Crippen LogP contribution < -0.4 is 15.4 Å². The first-order valence-electron chi connectivity index (χ1n) is 10.4. The van der Waals surface area contributed by atoms with Gasteiger partial charge in [0.25, 0.3) is 11.8 Å². The second kappa shape index (κ2) is 9.78. The number of hydrogen-bond donors (Lipinski definition) is 2. The van der Waals surface area contributed by atoms with Crippen molar-refractivity contribution in [3.8, 4) is 16.9 Å². The van der Waals surface area contributed by atoms with Crippen LogP contribution in [0.15, 0.2) is 91.1 Å². The van der Waals surface area contributed by atoms with E-state index in [2.05, 4.69) is 15.6 Å². The molecule has 6 nitrogen and oxygen atoms in total. The van der Waals surface area contributed by atoms with Crippen LogP contribution in [0.5, 0.6) is 5.75 Å². The molecular formula is C27H23N3O3. The lowest BCUT2D eigenvalue weighted by Crippen LogP contribution is -2.16. The van der Waals surface area contributed by atoms with Crippen LogP contribution in [0.3, 0.4) is 0 Å². The van der Waals surface area contributed by atoms with Crippen molar-refractivity contribution < 1.29 is 14.3 Å². The Morgan fingerprint density at radius 3 is 2.15 bits per heavy atom. The summed E-state index contributed by atoms with van der Waals surface area (Å²) >= 11 is 0. The molecule has 1 heterocycles. The first-order valence-corrected chi connectivity index (χ1v) is 10.4. The zero-order chi connectivity index (χ0) is 23.2. The smallest absolute Gasteiger partial charge is 0.259 e. The minimum atomic E-state index is -0.376. The zero-order valence-electron chi connectivity index (χ0n) is 18.3. The summed E-state index contributed by atoms with van der Waals surface area (Å²) in [6, 6.07) is 25.8. The second-order valence-electron chi connectivity index (χ2n) is 7.45. The molecule has 0 atom stereocenters. The van der Waals surface area contributed by atoms with Gasteiger partial charge in [-0.2, -0.15) is 0 Å². The predicted octanol–water partition coefficient (Wildman–Crippen LogP) is 5.57. The Labute approximate surface area is 192 Å². The molecule has 0 aliphatic heterocycles. The van der Waals surface area contributed by atoms with E-state index < -0.39 is 0 Å². The highest BCUT2D eigenvalue weighted by molar-refractivity contribution is 6.10. The molecule has 0 aliphatic rings. The van der Waals surface area contributed by atoms with E-state index in [-0.39, 0.29) is 17.4 Å². The highest BCUT2D eigenvalue weighted by atomic mass is 16.5. The van der Waals surface area contributed by atoms with Crippen molar-refractivity contribution in [1.29, 1.82) is 0 Å². The van der Waals surface area contributed by atoms with E-state index in [1.165, 1.54) is 13.2 Å². The molecule has 0 fully saturated rings. The van der Waals surface area contributed by atoms with Gasteiger partial charge in [-0.3, -0.25) is 14.6 Å². The molecule has 4 aromatic rings. The van der Waals surface area contributed by atoms with E-state index in [0.717, 1.165) is 16.8 Å². The maximum absolute atomic E-state index is 12.9. The number of ether oxygens (including phenoxy) is 1. The van der Waals surface area contributed by atoms with Crippen LogP contribution in [-0.4, -0.2) is 23.9 Å². The predicted molar refractivity (Wildman–Crippen MR) is 130 cm³/mol. The molecule has 0 aliphatic carbocycles. The number of pyridine rings is 1. The molecule has 2 N–H and O–H groups in total. The first kappa shape index (κ1) is 21.8. The van der Waals surface area contributed by atoms with Crippen LogP contribution in [0, 0.1) is 6.92 Å². The molecule has 0 saturated heterocycles. The van der Waals surface area contributed by atoms with Gasteiger partial charge in [-0.25, -0.2) is 0 Å². The highest BCUT2D eigenvalue weighted by Gasteiger charge is 2.17. The van der Waals surface area contributed by atoms with Gasteiger partial charge in [-0.15, -0.1) is 0 Å². The monoisotopic (exact) mass is 437 g/mol. The lowest BCUT2D eigenvalue weighted by atomic mass is 10.1. The molecule has 6 heteroatoms. The summed E-state index contributed by atoms with van der Waals surface area (Å²) in [7, 11) is 1.48. The van der Waals surface area contributed by atoms with Crippen molar-refractivity contribution in [1.82, 2.24) is 4.98 Å². The molecule has 3 aromatic carbocycles. The van der Waals surface area contributed by atoms with Gasteiger partial charge >= 0.3 is 0 Å². The quantitative estimate of drug-likeness (QED) is 0.413. The van der Waals surface area contributed by atoms with E-state index >= 15 is 0 Å². The molecule has 0 bridgehead atoms. The molecule has 0 radical (unpaired) electrons. The third-order valence-electron chi connectivity index (χ3n) is 5.11. The van der Waals surface area contributed by atoms with Crippen LogP contribution in [0.4, 0.5) is 11.4 Å². The van der Waals surface area contributed by atoms with Gasteiger partial charge in [-0.1, -0.05) is 42.5 Å². The summed E-state index contributed by atoms with van der Waals surface area (Å²) in [6.07, 6.45) is 1.62. The SMILES string of the molecule is COc1ccc(C(=O)Nc2ccc(-c3ccccc3)cc2)cc1C(=O)Nc1ccnc(C)c1. The van der Waals surface area contributed by atoms with Crippen LogP contribution in [0.1, 0.15) is 26.4 Å². The third-order valence-corrected chi connectivity index (χ3v) is 5.11. The Hall–Kier alpha value is -4.45. The molecular weight excluding hydrogens is 414 g/mol. The van der Waals surface area contributed by atoms with Crippen LogP contribution >= 0.6 is 0 Å². The van der Waals surface area contributed by atoms with E-state index in [1.807, 2.05) is 61.5 Å². The Kier molecular flexibility index (Phi) is 6.45. The van der Waals surface area contributed by atoms with Crippen LogP contribution in [0.2, 0.25) is 0 Å². The third kappa shape index (κ3) is 5.25. The van der Waals surface area contributed by atoms with Gasteiger partial charge in [0, 0.05) is 28.8 Å². The Morgan fingerprint density at radius 2 is 1.45 bits per heavy atom. The Balaban J connectivity index is 1.51. The van der Waals surface area contributed by atoms with Gasteiger partial charge in [0.1, 0.15) is 5.75 Å². The van der Waals surface area contributed by atoms with E-state index in [1.54, 1.807) is 30.5 Å². The fourth-order valence-corrected chi connectivity index (χ4v) is 3.43. The molecule has 164 valence electrons. The maximum Gasteiger partial charge on any atom is 0.259 e. The second-order valence-corrected chi connectivity index (χ2v) is 7.45. The standard InChI is InChI=1S/C27H23N3O3/c1-18-16-23(14-15-28-18)30-27(32)24-17-21(10-13-25(24)33-2)26(31)29-22-11-8-20(9-12-22)19-6-4-3-5-7-19/h3-17H,1-2H3,(H,29,31)(H,28,30,32). The van der Waals surface area contributed by atoms with Crippen molar-refractivity contribution >= 4 is 23.2 Å². The van der Waals surface area contributed by atoms with E-state index in [9.17, 15) is 9.59 Å². The average molecular weight is 437 g/mol. The number of amides is 2. The number of carbonyl (C=O) groups excluding carboxylic acids is 2. The van der Waals surface area contributed by atoms with Crippen LogP contribution in [0.25, 0.3) is 11.1 Å². The number of methoxy groups -OCH3 is 1. The first-order chi connectivity index (χ1) is 16.0. The van der Waals surface area contributed by atoms with Gasteiger partial charge in [0.15, 0.2) is 0 Å². The maximum atomic E-state index is 12.9. The number of aryl methyl sites for hydroxylation is 1. The molecule has 33 heavy (non-hydrogen) atoms. The highest BCUT2D eigenvalue weighted by Crippen LogP contribution is 2.24. The number of benzene rings is 3. The lowest BCUT2D eigenvalue weighted by Gasteiger charge is -2.12. The van der Waals surface area contributed by atoms with Crippen molar-refractivity contribution in [2.75, 3.05) is 17.7 Å². The number of hydrogen-bond acceptors (Lipinski definition) is 4. The van der Waals surface area contributed by atoms with Gasteiger partial charge in [-0.05, 0) is 60.5 Å². The average Bonchev–Trinajstić information content (AvgIpc) is 2.84. The summed E-state index contributed by atoms with van der Waals surface area (Å²) < 4.78 is 5.33. The number of anilines is 2. The fraction of sp³-hybridized carbons (Fsp3) is 0.0741. The molecule has 0 spiro atoms. The number of rotatable bonds is 6. The summed E-state index contributed by atoms with van der Waals surface area (Å²) in [5, 5.41) is 5.70. The lowest BCUT2D eigenvalue weighted by molar-refractivity contribution is 0.102. The molecule has 0 saturated carbocycles. The van der Waals surface area contributed by atoms with Crippen LogP contribution in [-0.2, 0) is 0 Å². The summed E-state index contributed by atoms with van der Waals surface area (Å²) in [5.41, 5.74) is 4.83. The number of nitrogens with one attached hydrogen (secondary N) is 2.